The first kappa shape index (κ1) is 12.6. The fraction of sp³-hybridized carbons (Fsp3) is 0.818. The fourth-order valence-electron chi connectivity index (χ4n) is 2.83. The summed E-state index contributed by atoms with van der Waals surface area (Å²) >= 11 is 0. The number of hydrogen-bond donors (Lipinski definition) is 2. The average molecular weight is 270 g/mol. The van der Waals surface area contributed by atoms with Gasteiger partial charge in [0, 0.05) is 19.6 Å². The van der Waals surface area contributed by atoms with Gasteiger partial charge in [-0.05, 0) is 12.8 Å². The monoisotopic (exact) mass is 270 g/mol. The Morgan fingerprint density at radius 1 is 1.32 bits per heavy atom. The number of carbonyl (C=O) groups is 2. The molecule has 2 bridgehead atoms. The molecule has 3 aliphatic heterocycles. The standard InChI is InChI=1S/C11H18N4O4/c16-10(12-13-3-5-19-6-4-13)9-2-1-8-7-14(9)11(17)15(8)18/h8-9,18H,1-7H2,(H,12,16). The average Bonchev–Trinajstić information content (AvgIpc) is 2.65. The normalized spacial score (nSPS) is 31.7. The first-order valence-corrected chi connectivity index (χ1v) is 6.58. The third-order valence-electron chi connectivity index (χ3n) is 3.93. The summed E-state index contributed by atoms with van der Waals surface area (Å²) in [7, 11) is 0. The summed E-state index contributed by atoms with van der Waals surface area (Å²) in [4.78, 5) is 25.4. The Kier molecular flexibility index (Phi) is 3.29. The highest BCUT2D eigenvalue weighted by molar-refractivity contribution is 5.88. The van der Waals surface area contributed by atoms with Gasteiger partial charge in [-0.1, -0.05) is 0 Å². The molecule has 3 heterocycles. The van der Waals surface area contributed by atoms with Gasteiger partial charge in [0.2, 0.25) is 0 Å². The molecule has 0 aromatic heterocycles. The van der Waals surface area contributed by atoms with Crippen LogP contribution in [0.5, 0.6) is 0 Å². The number of amides is 3. The maximum Gasteiger partial charge on any atom is 0.344 e. The lowest BCUT2D eigenvalue weighted by molar-refractivity contribution is -0.133. The maximum absolute atomic E-state index is 12.2. The van der Waals surface area contributed by atoms with Crippen molar-refractivity contribution in [3.8, 4) is 0 Å². The second-order valence-corrected chi connectivity index (χ2v) is 5.10. The van der Waals surface area contributed by atoms with Crippen LogP contribution in [0, 0.1) is 0 Å². The molecular weight excluding hydrogens is 252 g/mol. The smallest absolute Gasteiger partial charge is 0.344 e. The van der Waals surface area contributed by atoms with Gasteiger partial charge in [-0.2, -0.15) is 0 Å². The van der Waals surface area contributed by atoms with Gasteiger partial charge in [-0.3, -0.25) is 15.4 Å². The van der Waals surface area contributed by atoms with Crippen molar-refractivity contribution in [3.63, 3.8) is 0 Å². The van der Waals surface area contributed by atoms with Crippen LogP contribution in [0.3, 0.4) is 0 Å². The van der Waals surface area contributed by atoms with Gasteiger partial charge >= 0.3 is 6.03 Å². The Labute approximate surface area is 110 Å². The number of hydrazine groups is 1. The minimum absolute atomic E-state index is 0.167. The molecular formula is C11H18N4O4. The van der Waals surface area contributed by atoms with E-state index in [1.807, 2.05) is 5.01 Å². The predicted molar refractivity (Wildman–Crippen MR) is 63.1 cm³/mol. The molecule has 2 unspecified atom stereocenters. The second kappa shape index (κ2) is 4.95. The van der Waals surface area contributed by atoms with Crippen LogP contribution in [0.2, 0.25) is 0 Å². The molecule has 0 radical (unpaired) electrons. The molecule has 3 rings (SSSR count). The predicted octanol–water partition coefficient (Wildman–Crippen LogP) is -0.992. The number of nitrogens with one attached hydrogen (secondary N) is 1. The number of morpholine rings is 1. The number of carbonyl (C=O) groups excluding carboxylic acids is 2. The Balaban J connectivity index is 1.62. The van der Waals surface area contributed by atoms with Crippen LogP contribution in [-0.4, -0.2) is 77.0 Å². The molecule has 3 fully saturated rings. The zero-order valence-corrected chi connectivity index (χ0v) is 10.6. The van der Waals surface area contributed by atoms with E-state index in [2.05, 4.69) is 5.43 Å². The fourth-order valence-corrected chi connectivity index (χ4v) is 2.83. The first-order valence-electron chi connectivity index (χ1n) is 6.58. The molecule has 8 heteroatoms. The van der Waals surface area contributed by atoms with E-state index < -0.39 is 12.1 Å². The zero-order valence-electron chi connectivity index (χ0n) is 10.6. The summed E-state index contributed by atoms with van der Waals surface area (Å²) in [6.07, 6.45) is 1.24. The molecule has 8 nitrogen and oxygen atoms in total. The quantitative estimate of drug-likeness (QED) is 0.629. The van der Waals surface area contributed by atoms with Crippen LogP contribution in [0.4, 0.5) is 4.79 Å². The molecule has 0 aliphatic carbocycles. The number of hydroxylamine groups is 2. The third kappa shape index (κ3) is 2.26. The minimum Gasteiger partial charge on any atom is -0.379 e. The van der Waals surface area contributed by atoms with Gasteiger partial charge < -0.3 is 9.64 Å². The van der Waals surface area contributed by atoms with Crippen molar-refractivity contribution in [3.05, 3.63) is 0 Å². The second-order valence-electron chi connectivity index (χ2n) is 5.10. The van der Waals surface area contributed by atoms with Gasteiger partial charge in [0.25, 0.3) is 5.91 Å². The number of urea groups is 1. The molecule has 0 spiro atoms. The highest BCUT2D eigenvalue weighted by Crippen LogP contribution is 2.28. The number of hydrogen-bond acceptors (Lipinski definition) is 5. The van der Waals surface area contributed by atoms with E-state index in [4.69, 9.17) is 4.74 Å². The molecule has 0 saturated carbocycles. The molecule has 19 heavy (non-hydrogen) atoms. The van der Waals surface area contributed by atoms with Crippen molar-refractivity contribution in [1.29, 1.82) is 0 Å². The van der Waals surface area contributed by atoms with Gasteiger partial charge in [0.1, 0.15) is 6.04 Å². The van der Waals surface area contributed by atoms with Crippen LogP contribution in [0.25, 0.3) is 0 Å². The summed E-state index contributed by atoms with van der Waals surface area (Å²) < 4.78 is 5.21. The molecule has 2 atom stereocenters. The number of piperidine rings is 1. The summed E-state index contributed by atoms with van der Waals surface area (Å²) in [6.45, 7) is 2.93. The van der Waals surface area contributed by atoms with E-state index in [1.54, 1.807) is 0 Å². The van der Waals surface area contributed by atoms with Crippen molar-refractivity contribution in [1.82, 2.24) is 20.4 Å². The van der Waals surface area contributed by atoms with E-state index in [-0.39, 0.29) is 11.9 Å². The largest absolute Gasteiger partial charge is 0.379 e. The summed E-state index contributed by atoms with van der Waals surface area (Å²) in [5.41, 5.74) is 2.83. The van der Waals surface area contributed by atoms with E-state index in [0.29, 0.717) is 45.7 Å². The van der Waals surface area contributed by atoms with Crippen LogP contribution in [0.15, 0.2) is 0 Å². The van der Waals surface area contributed by atoms with Gasteiger partial charge in [0.05, 0.1) is 19.3 Å². The van der Waals surface area contributed by atoms with Gasteiger partial charge in [0.15, 0.2) is 0 Å². The van der Waals surface area contributed by atoms with Gasteiger partial charge in [-0.15, -0.1) is 0 Å². The van der Waals surface area contributed by atoms with Crippen LogP contribution >= 0.6 is 0 Å². The Bertz CT molecular complexity index is 385. The molecule has 2 N–H and O–H groups in total. The number of nitrogens with zero attached hydrogens (tertiary/aromatic N) is 3. The Morgan fingerprint density at radius 2 is 2.05 bits per heavy atom. The molecule has 0 aromatic carbocycles. The Hall–Kier alpha value is -1.38. The number of fused-ring (bicyclic) bond motifs is 2. The van der Waals surface area contributed by atoms with E-state index in [0.717, 1.165) is 5.06 Å². The topological polar surface area (TPSA) is 85.4 Å². The van der Waals surface area contributed by atoms with Crippen molar-refractivity contribution in [2.75, 3.05) is 32.8 Å². The van der Waals surface area contributed by atoms with Gasteiger partial charge in [-0.25, -0.2) is 14.9 Å². The van der Waals surface area contributed by atoms with Crippen molar-refractivity contribution < 1.29 is 19.5 Å². The van der Waals surface area contributed by atoms with Crippen LogP contribution in [0.1, 0.15) is 12.8 Å². The Morgan fingerprint density at radius 3 is 2.79 bits per heavy atom. The van der Waals surface area contributed by atoms with Crippen molar-refractivity contribution in [2.24, 2.45) is 0 Å². The lowest BCUT2D eigenvalue weighted by Gasteiger charge is -2.33. The molecule has 3 amide bonds. The molecule has 3 saturated heterocycles. The third-order valence-corrected chi connectivity index (χ3v) is 3.93. The molecule has 0 aromatic rings. The molecule has 3 aliphatic rings. The summed E-state index contributed by atoms with van der Waals surface area (Å²) in [6, 6.07) is -1.12. The van der Waals surface area contributed by atoms with Crippen molar-refractivity contribution >= 4 is 11.9 Å². The van der Waals surface area contributed by atoms with E-state index in [9.17, 15) is 14.8 Å². The minimum atomic E-state index is -0.483. The maximum atomic E-state index is 12.2. The highest BCUT2D eigenvalue weighted by Gasteiger charge is 2.46. The van der Waals surface area contributed by atoms with E-state index >= 15 is 0 Å². The molecule has 106 valence electrons. The van der Waals surface area contributed by atoms with Crippen molar-refractivity contribution in [2.45, 2.75) is 24.9 Å². The highest BCUT2D eigenvalue weighted by atomic mass is 16.5. The van der Waals surface area contributed by atoms with Crippen LogP contribution in [-0.2, 0) is 9.53 Å². The zero-order chi connectivity index (χ0) is 13.4. The summed E-state index contributed by atoms with van der Waals surface area (Å²) in [5, 5.41) is 12.1. The lowest BCUT2D eigenvalue weighted by atomic mass is 10.0. The first-order chi connectivity index (χ1) is 9.16. The number of rotatable bonds is 2. The van der Waals surface area contributed by atoms with E-state index in [1.165, 1.54) is 4.90 Å². The lowest BCUT2D eigenvalue weighted by Crippen LogP contribution is -2.56. The number of ether oxygens (including phenoxy) is 1. The SMILES string of the molecule is O=C(NN1CCOCC1)C1CCC2CN1C(=O)N2O. The summed E-state index contributed by atoms with van der Waals surface area (Å²) in [5.74, 6) is -0.177. The van der Waals surface area contributed by atoms with Crippen LogP contribution < -0.4 is 5.43 Å².